The lowest BCUT2D eigenvalue weighted by atomic mass is 10.1. The first kappa shape index (κ1) is 21.2. The Morgan fingerprint density at radius 3 is 2.87 bits per heavy atom. The molecule has 1 fully saturated rings. The molecule has 0 radical (unpaired) electrons. The second-order valence-corrected chi connectivity index (χ2v) is 8.11. The van der Waals surface area contributed by atoms with Crippen LogP contribution in [-0.4, -0.2) is 62.0 Å². The first-order valence-electron chi connectivity index (χ1n) is 9.84. The van der Waals surface area contributed by atoms with Crippen LogP contribution in [0.3, 0.4) is 0 Å². The van der Waals surface area contributed by atoms with Crippen LogP contribution >= 0.6 is 11.6 Å². The largest absolute Gasteiger partial charge is 0.390 e. The number of likely N-dealkylation sites (N-methyl/N-ethyl adjacent to an activating group) is 1. The number of benzene rings is 1. The van der Waals surface area contributed by atoms with E-state index < -0.39 is 12.2 Å². The molecule has 1 amide bonds. The van der Waals surface area contributed by atoms with Crippen LogP contribution in [0.15, 0.2) is 29.5 Å². The van der Waals surface area contributed by atoms with Crippen molar-refractivity contribution in [1.29, 1.82) is 5.26 Å². The summed E-state index contributed by atoms with van der Waals surface area (Å²) in [5.41, 5.74) is 2.41. The summed E-state index contributed by atoms with van der Waals surface area (Å²) in [5, 5.41) is 32.9. The fraction of sp³-hybridized carbons (Fsp3) is 0.381. The highest BCUT2D eigenvalue weighted by Crippen LogP contribution is 2.29. The molecule has 0 bridgehead atoms. The lowest BCUT2D eigenvalue weighted by Crippen LogP contribution is -2.36. The molecule has 3 atom stereocenters. The van der Waals surface area contributed by atoms with Crippen LogP contribution in [0.2, 0.25) is 5.02 Å². The van der Waals surface area contributed by atoms with Crippen molar-refractivity contribution in [3.8, 4) is 6.07 Å². The van der Waals surface area contributed by atoms with E-state index in [2.05, 4.69) is 26.3 Å². The van der Waals surface area contributed by atoms with E-state index in [-0.39, 0.29) is 30.8 Å². The minimum Gasteiger partial charge on any atom is -0.390 e. The van der Waals surface area contributed by atoms with Crippen molar-refractivity contribution >= 4 is 29.0 Å². The van der Waals surface area contributed by atoms with Gasteiger partial charge in [-0.05, 0) is 36.6 Å². The van der Waals surface area contributed by atoms with Crippen molar-refractivity contribution in [2.24, 2.45) is 4.99 Å². The average molecular weight is 441 g/mol. The number of nitrogens with one attached hydrogen (secondary N) is 1. The molecule has 3 N–H and O–H groups in total. The maximum Gasteiger partial charge on any atom is 0.272 e. The highest BCUT2D eigenvalue weighted by atomic mass is 35.5. The topological polar surface area (TPSA) is 135 Å². The van der Waals surface area contributed by atoms with Gasteiger partial charge in [0.1, 0.15) is 17.9 Å². The monoisotopic (exact) mass is 440 g/mol. The lowest BCUT2D eigenvalue weighted by molar-refractivity contribution is -0.123. The Morgan fingerprint density at radius 2 is 2.16 bits per heavy atom. The van der Waals surface area contributed by atoms with E-state index in [9.17, 15) is 20.3 Å². The second-order valence-electron chi connectivity index (χ2n) is 7.67. The summed E-state index contributed by atoms with van der Waals surface area (Å²) in [7, 11) is 1.62. The van der Waals surface area contributed by atoms with Gasteiger partial charge in [0.2, 0.25) is 0 Å². The quantitative estimate of drug-likeness (QED) is 0.636. The Balaban J connectivity index is 1.57. The van der Waals surface area contributed by atoms with Gasteiger partial charge in [-0.3, -0.25) is 9.79 Å². The van der Waals surface area contributed by atoms with E-state index in [1.54, 1.807) is 25.2 Å². The molecule has 0 unspecified atom stereocenters. The molecule has 2 heterocycles. The van der Waals surface area contributed by atoms with E-state index in [0.717, 1.165) is 0 Å². The van der Waals surface area contributed by atoms with E-state index >= 15 is 0 Å². The fourth-order valence-electron chi connectivity index (χ4n) is 3.91. The van der Waals surface area contributed by atoms with Gasteiger partial charge in [-0.2, -0.15) is 5.26 Å². The molecule has 2 aromatic rings. The summed E-state index contributed by atoms with van der Waals surface area (Å²) in [6, 6.07) is 6.64. The van der Waals surface area contributed by atoms with Gasteiger partial charge in [-0.1, -0.05) is 11.6 Å². The number of amides is 1. The van der Waals surface area contributed by atoms with Gasteiger partial charge in [-0.25, -0.2) is 9.97 Å². The number of hydrogen-bond donors (Lipinski definition) is 3. The average Bonchev–Trinajstić information content (AvgIpc) is 3.33. The Labute approximate surface area is 184 Å². The first-order valence-corrected chi connectivity index (χ1v) is 10.2. The molecule has 1 aromatic heterocycles. The standard InChI is InChI=1S/C21H21ClN6O3/c1-28(9-12-6-13(22)3-2-11(12)7-23)21(31)18-17-15(8-24-18)25-10-26-20(17)27-14-4-5-16(29)19(14)30/h2-3,6,10,14,16,19,29-30H,4-5,8-9H2,1H3,(H,25,26,27)/t14-,16-,19+/m1/s1. The van der Waals surface area contributed by atoms with Crippen molar-refractivity contribution in [2.75, 3.05) is 12.4 Å². The number of aliphatic hydroxyl groups excluding tert-OH is 2. The number of aliphatic imine (C=N–C) groups is 1. The maximum atomic E-state index is 13.2. The van der Waals surface area contributed by atoms with E-state index in [4.69, 9.17) is 11.6 Å². The molecule has 10 heteroatoms. The number of hydrogen-bond acceptors (Lipinski definition) is 8. The second kappa shape index (κ2) is 8.59. The van der Waals surface area contributed by atoms with E-state index in [0.29, 0.717) is 46.1 Å². The predicted octanol–water partition coefficient (Wildman–Crippen LogP) is 1.26. The number of aliphatic hydroxyl groups is 2. The van der Waals surface area contributed by atoms with Gasteiger partial charge >= 0.3 is 0 Å². The van der Waals surface area contributed by atoms with E-state index in [1.807, 2.05) is 0 Å². The number of aromatic nitrogens is 2. The predicted molar refractivity (Wildman–Crippen MR) is 114 cm³/mol. The third kappa shape index (κ3) is 4.10. The molecular weight excluding hydrogens is 420 g/mol. The molecule has 4 rings (SSSR count). The van der Waals surface area contributed by atoms with Crippen LogP contribution in [0.25, 0.3) is 0 Å². The van der Waals surface area contributed by atoms with Crippen LogP contribution in [0, 0.1) is 11.3 Å². The molecule has 2 aliphatic rings. The molecule has 0 spiro atoms. The molecule has 160 valence electrons. The zero-order chi connectivity index (χ0) is 22.1. The number of carbonyl (C=O) groups excluding carboxylic acids is 1. The summed E-state index contributed by atoms with van der Waals surface area (Å²) >= 11 is 6.06. The van der Waals surface area contributed by atoms with Crippen LogP contribution in [-0.2, 0) is 17.9 Å². The van der Waals surface area contributed by atoms with Gasteiger partial charge in [-0.15, -0.1) is 0 Å². The fourth-order valence-corrected chi connectivity index (χ4v) is 4.11. The molecule has 1 aliphatic heterocycles. The first-order chi connectivity index (χ1) is 14.9. The summed E-state index contributed by atoms with van der Waals surface area (Å²) in [4.78, 5) is 27.5. The Bertz CT molecular complexity index is 1100. The van der Waals surface area contributed by atoms with Crippen molar-refractivity contribution in [3.05, 3.63) is 51.9 Å². The van der Waals surface area contributed by atoms with Gasteiger partial charge in [0.25, 0.3) is 5.91 Å². The Kier molecular flexibility index (Phi) is 5.87. The summed E-state index contributed by atoms with van der Waals surface area (Å²) < 4.78 is 0. The summed E-state index contributed by atoms with van der Waals surface area (Å²) in [6.45, 7) is 0.429. The number of fused-ring (bicyclic) bond motifs is 1. The molecule has 0 saturated heterocycles. The zero-order valence-electron chi connectivity index (χ0n) is 16.8. The maximum absolute atomic E-state index is 13.2. The van der Waals surface area contributed by atoms with E-state index in [1.165, 1.54) is 11.2 Å². The lowest BCUT2D eigenvalue weighted by Gasteiger charge is -2.22. The summed E-state index contributed by atoms with van der Waals surface area (Å²) in [6.07, 6.45) is 0.734. The van der Waals surface area contributed by atoms with Crippen LogP contribution in [0.1, 0.15) is 35.2 Å². The highest BCUT2D eigenvalue weighted by molar-refractivity contribution is 6.47. The SMILES string of the molecule is CN(Cc1cc(Cl)ccc1C#N)C(=O)C1=NCc2ncnc(N[C@@H]3CC[C@@H](O)[C@H]3O)c21. The van der Waals surface area contributed by atoms with Crippen molar-refractivity contribution in [3.63, 3.8) is 0 Å². The minimum absolute atomic E-state index is 0.181. The Hall–Kier alpha value is -3.06. The third-order valence-electron chi connectivity index (χ3n) is 5.60. The number of nitriles is 1. The van der Waals surface area contributed by atoms with Crippen molar-refractivity contribution < 1.29 is 15.0 Å². The molecular formula is C21H21ClN6O3. The Morgan fingerprint density at radius 1 is 1.35 bits per heavy atom. The number of rotatable bonds is 5. The zero-order valence-corrected chi connectivity index (χ0v) is 17.5. The van der Waals surface area contributed by atoms with Crippen LogP contribution in [0.5, 0.6) is 0 Å². The van der Waals surface area contributed by atoms with Crippen molar-refractivity contribution in [2.45, 2.75) is 44.2 Å². The van der Waals surface area contributed by atoms with Gasteiger partial charge in [0, 0.05) is 18.6 Å². The minimum atomic E-state index is -0.919. The van der Waals surface area contributed by atoms with Gasteiger partial charge in [0.05, 0.1) is 47.7 Å². The number of nitrogens with zero attached hydrogens (tertiary/aromatic N) is 5. The number of carbonyl (C=O) groups is 1. The highest BCUT2D eigenvalue weighted by Gasteiger charge is 2.36. The van der Waals surface area contributed by atoms with Gasteiger partial charge in [0.15, 0.2) is 0 Å². The van der Waals surface area contributed by atoms with Gasteiger partial charge < -0.3 is 20.4 Å². The molecule has 1 aliphatic carbocycles. The molecule has 31 heavy (non-hydrogen) atoms. The normalized spacial score (nSPS) is 21.9. The molecule has 1 saturated carbocycles. The number of halogens is 1. The molecule has 9 nitrogen and oxygen atoms in total. The van der Waals surface area contributed by atoms with Crippen LogP contribution in [0.4, 0.5) is 5.82 Å². The number of anilines is 1. The third-order valence-corrected chi connectivity index (χ3v) is 5.83. The summed E-state index contributed by atoms with van der Waals surface area (Å²) in [5.74, 6) is 0.0640. The van der Waals surface area contributed by atoms with Crippen LogP contribution < -0.4 is 5.32 Å². The smallest absolute Gasteiger partial charge is 0.272 e. The molecule has 1 aromatic carbocycles. The van der Waals surface area contributed by atoms with Crippen molar-refractivity contribution in [1.82, 2.24) is 14.9 Å².